The second-order valence-corrected chi connectivity index (χ2v) is 2.38. The van der Waals surface area contributed by atoms with Crippen LogP contribution in [0.1, 0.15) is 25.0 Å². The molecular formula is C12H18O. The highest BCUT2D eigenvalue weighted by Gasteiger charge is 1.90. The van der Waals surface area contributed by atoms with E-state index in [-0.39, 0.29) is 0 Å². The van der Waals surface area contributed by atoms with Crippen LogP contribution in [-0.4, -0.2) is 7.11 Å². The lowest BCUT2D eigenvalue weighted by Crippen LogP contribution is -1.86. The van der Waals surface area contributed by atoms with E-state index in [1.165, 1.54) is 5.56 Å². The maximum atomic E-state index is 4.99. The highest BCUT2D eigenvalue weighted by Crippen LogP contribution is 2.06. The van der Waals surface area contributed by atoms with Crippen molar-refractivity contribution in [2.45, 2.75) is 20.5 Å². The van der Waals surface area contributed by atoms with Crippen molar-refractivity contribution in [3.63, 3.8) is 0 Å². The molecule has 0 aliphatic carbocycles. The van der Waals surface area contributed by atoms with Gasteiger partial charge in [-0.3, -0.25) is 0 Å². The van der Waals surface area contributed by atoms with Crippen LogP contribution in [-0.2, 0) is 11.3 Å². The summed E-state index contributed by atoms with van der Waals surface area (Å²) in [5.41, 5.74) is 2.32. The third kappa shape index (κ3) is 4.48. The Kier molecular flexibility index (Phi) is 6.93. The van der Waals surface area contributed by atoms with Gasteiger partial charge in [0, 0.05) is 7.11 Å². The monoisotopic (exact) mass is 178 g/mol. The Labute approximate surface area is 81.1 Å². The highest BCUT2D eigenvalue weighted by atomic mass is 16.5. The molecule has 13 heavy (non-hydrogen) atoms. The van der Waals surface area contributed by atoms with Gasteiger partial charge in [-0.25, -0.2) is 0 Å². The third-order valence-electron chi connectivity index (χ3n) is 1.50. The first-order valence-electron chi connectivity index (χ1n) is 4.57. The molecule has 0 unspecified atom stereocenters. The minimum Gasteiger partial charge on any atom is -0.380 e. The van der Waals surface area contributed by atoms with Gasteiger partial charge in [0.15, 0.2) is 0 Å². The molecule has 0 saturated heterocycles. The summed E-state index contributed by atoms with van der Waals surface area (Å²) in [5, 5.41) is 0. The van der Waals surface area contributed by atoms with E-state index in [1.54, 1.807) is 7.11 Å². The zero-order valence-corrected chi connectivity index (χ0v) is 8.71. The lowest BCUT2D eigenvalue weighted by atomic mass is 10.1. The van der Waals surface area contributed by atoms with Crippen LogP contribution in [0.3, 0.4) is 0 Å². The molecule has 0 atom stereocenters. The number of hydrogen-bond donors (Lipinski definition) is 0. The molecule has 0 fully saturated rings. The Balaban J connectivity index is 0.000000671. The average molecular weight is 178 g/mol. The number of methoxy groups -OCH3 is 1. The highest BCUT2D eigenvalue weighted by molar-refractivity contribution is 5.47. The lowest BCUT2D eigenvalue weighted by Gasteiger charge is -1.99. The summed E-state index contributed by atoms with van der Waals surface area (Å²) in [5.74, 6) is 0. The van der Waals surface area contributed by atoms with Crippen LogP contribution in [0, 0.1) is 0 Å². The third-order valence-corrected chi connectivity index (χ3v) is 1.50. The summed E-state index contributed by atoms with van der Waals surface area (Å²) >= 11 is 0. The largest absolute Gasteiger partial charge is 0.380 e. The number of benzene rings is 1. The van der Waals surface area contributed by atoms with Gasteiger partial charge < -0.3 is 4.74 Å². The maximum absolute atomic E-state index is 4.99. The van der Waals surface area contributed by atoms with Gasteiger partial charge in [0.1, 0.15) is 0 Å². The van der Waals surface area contributed by atoms with Gasteiger partial charge in [0.2, 0.25) is 0 Å². The molecule has 0 amide bonds. The molecule has 0 aliphatic rings. The fourth-order valence-corrected chi connectivity index (χ4v) is 0.977. The number of hydrogen-bond acceptors (Lipinski definition) is 1. The van der Waals surface area contributed by atoms with Crippen molar-refractivity contribution in [2.24, 2.45) is 0 Å². The molecule has 0 aliphatic heterocycles. The van der Waals surface area contributed by atoms with Gasteiger partial charge in [-0.1, -0.05) is 44.7 Å². The van der Waals surface area contributed by atoms with Crippen molar-refractivity contribution in [1.29, 1.82) is 0 Å². The van der Waals surface area contributed by atoms with Gasteiger partial charge in [-0.15, -0.1) is 0 Å². The van der Waals surface area contributed by atoms with Crippen LogP contribution in [0.25, 0.3) is 6.08 Å². The lowest BCUT2D eigenvalue weighted by molar-refractivity contribution is 0.185. The summed E-state index contributed by atoms with van der Waals surface area (Å²) in [7, 11) is 1.70. The van der Waals surface area contributed by atoms with Crippen LogP contribution in [0.2, 0.25) is 0 Å². The minimum atomic E-state index is 0.668. The van der Waals surface area contributed by atoms with Gasteiger partial charge >= 0.3 is 0 Å². The van der Waals surface area contributed by atoms with E-state index in [9.17, 15) is 0 Å². The number of ether oxygens (including phenoxy) is 1. The molecule has 1 aromatic rings. The van der Waals surface area contributed by atoms with Crippen molar-refractivity contribution >= 4 is 6.08 Å². The van der Waals surface area contributed by atoms with Gasteiger partial charge in [0.25, 0.3) is 0 Å². The van der Waals surface area contributed by atoms with Crippen LogP contribution < -0.4 is 0 Å². The second-order valence-electron chi connectivity index (χ2n) is 2.38. The molecule has 0 saturated carbocycles. The van der Waals surface area contributed by atoms with E-state index >= 15 is 0 Å². The zero-order chi connectivity index (χ0) is 10.1. The fraction of sp³-hybridized carbons (Fsp3) is 0.333. The first kappa shape index (κ1) is 11.9. The van der Waals surface area contributed by atoms with E-state index < -0.39 is 0 Å². The zero-order valence-electron chi connectivity index (χ0n) is 8.71. The standard InChI is InChI=1S/C10H12O.C2H6/c1-3-9-5-4-6-10(7-9)8-11-2;1-2/h3-7H,1,8H2,2H3;1-2H3. The van der Waals surface area contributed by atoms with Crippen molar-refractivity contribution in [3.05, 3.63) is 42.0 Å². The molecule has 0 N–H and O–H groups in total. The molecule has 0 heterocycles. The Hall–Kier alpha value is -1.08. The topological polar surface area (TPSA) is 9.23 Å². The van der Waals surface area contributed by atoms with Gasteiger partial charge in [-0.05, 0) is 17.2 Å². The average Bonchev–Trinajstić information content (AvgIpc) is 2.22. The quantitative estimate of drug-likeness (QED) is 0.688. The Morgan fingerprint density at radius 2 is 2.08 bits per heavy atom. The SMILES string of the molecule is C=Cc1cccc(COC)c1.CC. The minimum absolute atomic E-state index is 0.668. The van der Waals surface area contributed by atoms with E-state index in [0.717, 1.165) is 5.56 Å². The molecule has 0 spiro atoms. The van der Waals surface area contributed by atoms with Crippen LogP contribution in [0.5, 0.6) is 0 Å². The van der Waals surface area contributed by atoms with Crippen molar-refractivity contribution in [3.8, 4) is 0 Å². The van der Waals surface area contributed by atoms with Crippen LogP contribution in [0.15, 0.2) is 30.8 Å². The van der Waals surface area contributed by atoms with Crippen LogP contribution >= 0.6 is 0 Å². The summed E-state index contributed by atoms with van der Waals surface area (Å²) in [4.78, 5) is 0. The molecule has 72 valence electrons. The van der Waals surface area contributed by atoms with Crippen molar-refractivity contribution < 1.29 is 4.74 Å². The fourth-order valence-electron chi connectivity index (χ4n) is 0.977. The Morgan fingerprint density at radius 1 is 1.38 bits per heavy atom. The van der Waals surface area contributed by atoms with E-state index in [0.29, 0.717) is 6.61 Å². The Morgan fingerprint density at radius 3 is 2.62 bits per heavy atom. The predicted octanol–water partition coefficient (Wildman–Crippen LogP) is 3.50. The summed E-state index contributed by atoms with van der Waals surface area (Å²) < 4.78 is 4.99. The first-order valence-corrected chi connectivity index (χ1v) is 4.57. The molecule has 1 heteroatoms. The molecular weight excluding hydrogens is 160 g/mol. The molecule has 0 radical (unpaired) electrons. The van der Waals surface area contributed by atoms with Gasteiger partial charge in [-0.2, -0.15) is 0 Å². The predicted molar refractivity (Wildman–Crippen MR) is 58.6 cm³/mol. The molecule has 1 nitrogen and oxygen atoms in total. The van der Waals surface area contributed by atoms with E-state index in [2.05, 4.69) is 12.6 Å². The number of rotatable bonds is 3. The first-order chi connectivity index (χ1) is 6.36. The van der Waals surface area contributed by atoms with E-state index in [1.807, 2.05) is 38.1 Å². The summed E-state index contributed by atoms with van der Waals surface area (Å²) in [6.07, 6.45) is 1.83. The van der Waals surface area contributed by atoms with Gasteiger partial charge in [0.05, 0.1) is 6.61 Å². The molecule has 0 aromatic heterocycles. The second kappa shape index (κ2) is 7.56. The molecule has 1 rings (SSSR count). The summed E-state index contributed by atoms with van der Waals surface area (Å²) in [6, 6.07) is 8.13. The molecule has 1 aromatic carbocycles. The smallest absolute Gasteiger partial charge is 0.0713 e. The molecule has 0 bridgehead atoms. The Bertz CT molecular complexity index is 241. The van der Waals surface area contributed by atoms with Crippen molar-refractivity contribution in [2.75, 3.05) is 7.11 Å². The van der Waals surface area contributed by atoms with Crippen LogP contribution in [0.4, 0.5) is 0 Å². The van der Waals surface area contributed by atoms with Crippen molar-refractivity contribution in [1.82, 2.24) is 0 Å². The summed E-state index contributed by atoms with van der Waals surface area (Å²) in [6.45, 7) is 8.36. The maximum Gasteiger partial charge on any atom is 0.0713 e. The normalized spacial score (nSPS) is 8.54. The van der Waals surface area contributed by atoms with E-state index in [4.69, 9.17) is 4.74 Å².